The highest BCUT2D eigenvalue weighted by Crippen LogP contribution is 2.45. The first-order valence-corrected chi connectivity index (χ1v) is 11.5. The second-order valence-electron chi connectivity index (χ2n) is 8.67. The molecule has 1 atom stereocenters. The number of fused-ring (bicyclic) bond motifs is 3. The van der Waals surface area contributed by atoms with Crippen molar-refractivity contribution in [2.45, 2.75) is 46.5 Å². The second kappa shape index (κ2) is 8.83. The molecular weight excluding hydrogens is 408 g/mol. The molecular formula is C24H30N4O2S. The van der Waals surface area contributed by atoms with Gasteiger partial charge in [-0.1, -0.05) is 27.2 Å². The number of aryl methyl sites for hydroxylation is 1. The molecule has 6 nitrogen and oxygen atoms in total. The summed E-state index contributed by atoms with van der Waals surface area (Å²) in [4.78, 5) is 11.6. The Morgan fingerprint density at radius 3 is 2.77 bits per heavy atom. The third-order valence-corrected chi connectivity index (χ3v) is 7.85. The average Bonchev–Trinajstić information content (AvgIpc) is 3.17. The molecule has 2 heterocycles. The van der Waals surface area contributed by atoms with Crippen LogP contribution in [-0.4, -0.2) is 30.4 Å². The number of nitrogens with one attached hydrogen (secondary N) is 1. The molecule has 0 saturated carbocycles. The van der Waals surface area contributed by atoms with Crippen LogP contribution in [0, 0.1) is 11.3 Å². The predicted molar refractivity (Wildman–Crippen MR) is 128 cm³/mol. The van der Waals surface area contributed by atoms with E-state index in [1.165, 1.54) is 23.3 Å². The lowest BCUT2D eigenvalue weighted by Gasteiger charge is -2.36. The van der Waals surface area contributed by atoms with E-state index >= 15 is 0 Å². The molecule has 1 aromatic carbocycles. The third kappa shape index (κ3) is 4.24. The molecule has 1 N–H and O–H groups in total. The lowest BCUT2D eigenvalue weighted by molar-refractivity contribution is 0.184. The van der Waals surface area contributed by atoms with Crippen LogP contribution in [0.15, 0.2) is 29.6 Å². The second-order valence-corrected chi connectivity index (χ2v) is 9.76. The average molecular weight is 439 g/mol. The summed E-state index contributed by atoms with van der Waals surface area (Å²) < 4.78 is 10.7. The summed E-state index contributed by atoms with van der Waals surface area (Å²) in [5, 5.41) is 5.58. The largest absolute Gasteiger partial charge is 0.493 e. The molecule has 164 valence electrons. The van der Waals surface area contributed by atoms with Crippen molar-refractivity contribution in [3.8, 4) is 11.5 Å². The third-order valence-electron chi connectivity index (χ3n) is 6.65. The molecule has 0 bridgehead atoms. The molecule has 3 aromatic rings. The summed E-state index contributed by atoms with van der Waals surface area (Å²) in [6.45, 7) is 7.07. The van der Waals surface area contributed by atoms with Gasteiger partial charge in [-0.2, -0.15) is 5.10 Å². The van der Waals surface area contributed by atoms with Crippen molar-refractivity contribution < 1.29 is 9.47 Å². The molecule has 0 aliphatic heterocycles. The van der Waals surface area contributed by atoms with Crippen molar-refractivity contribution in [2.24, 2.45) is 16.4 Å². The molecule has 0 saturated heterocycles. The first-order chi connectivity index (χ1) is 15.0. The highest BCUT2D eigenvalue weighted by Gasteiger charge is 2.33. The summed E-state index contributed by atoms with van der Waals surface area (Å²) in [7, 11) is 3.25. The number of ether oxygens (including phenoxy) is 2. The van der Waals surface area contributed by atoms with E-state index in [-0.39, 0.29) is 0 Å². The Bertz CT molecular complexity index is 1110. The fourth-order valence-electron chi connectivity index (χ4n) is 4.25. The van der Waals surface area contributed by atoms with Gasteiger partial charge in [-0.05, 0) is 59.9 Å². The maximum absolute atomic E-state index is 5.37. The highest BCUT2D eigenvalue weighted by atomic mass is 32.1. The van der Waals surface area contributed by atoms with E-state index in [0.29, 0.717) is 22.8 Å². The Morgan fingerprint density at radius 2 is 2.03 bits per heavy atom. The van der Waals surface area contributed by atoms with Gasteiger partial charge in [-0.15, -0.1) is 11.3 Å². The first kappa shape index (κ1) is 21.6. The fourth-order valence-corrected chi connectivity index (χ4v) is 5.43. The number of thiophene rings is 1. The topological polar surface area (TPSA) is 68.6 Å². The van der Waals surface area contributed by atoms with Crippen molar-refractivity contribution >= 4 is 33.6 Å². The van der Waals surface area contributed by atoms with Crippen molar-refractivity contribution in [2.75, 3.05) is 19.6 Å². The molecule has 1 aliphatic carbocycles. The van der Waals surface area contributed by atoms with Crippen LogP contribution in [0.3, 0.4) is 0 Å². The standard InChI is InChI=1S/C24H30N4O2S/c1-6-24(2,3)16-8-10-20-17(12-16)21-22(25-14-26-23(21)31-20)28-27-13-15-7-9-18(29-4)19(11-15)30-5/h7,9,11,13-14,16H,6,8,10,12H2,1-5H3,(H,25,26,28)/b27-13-/t16-/m0/s1. The lowest BCUT2D eigenvalue weighted by Crippen LogP contribution is -2.28. The van der Waals surface area contributed by atoms with Gasteiger partial charge < -0.3 is 9.47 Å². The molecule has 0 radical (unpaired) electrons. The van der Waals surface area contributed by atoms with Gasteiger partial charge in [-0.3, -0.25) is 5.43 Å². The molecule has 0 amide bonds. The van der Waals surface area contributed by atoms with Crippen LogP contribution < -0.4 is 14.9 Å². The zero-order chi connectivity index (χ0) is 22.0. The molecule has 31 heavy (non-hydrogen) atoms. The van der Waals surface area contributed by atoms with Crippen LogP contribution in [0.25, 0.3) is 10.2 Å². The van der Waals surface area contributed by atoms with Crippen LogP contribution >= 0.6 is 11.3 Å². The Kier molecular flexibility index (Phi) is 6.14. The zero-order valence-electron chi connectivity index (χ0n) is 18.9. The van der Waals surface area contributed by atoms with Gasteiger partial charge in [0.1, 0.15) is 11.2 Å². The molecule has 7 heteroatoms. The van der Waals surface area contributed by atoms with E-state index in [1.807, 2.05) is 18.2 Å². The van der Waals surface area contributed by atoms with Gasteiger partial charge >= 0.3 is 0 Å². The number of rotatable bonds is 7. The minimum atomic E-state index is 0.334. The minimum Gasteiger partial charge on any atom is -0.493 e. The first-order valence-electron chi connectivity index (χ1n) is 10.7. The predicted octanol–water partition coefficient (Wildman–Crippen LogP) is 5.70. The Morgan fingerprint density at radius 1 is 1.23 bits per heavy atom. The van der Waals surface area contributed by atoms with Crippen molar-refractivity contribution in [1.82, 2.24) is 9.97 Å². The summed E-state index contributed by atoms with van der Waals surface area (Å²) in [6, 6.07) is 5.70. The van der Waals surface area contributed by atoms with Gasteiger partial charge in [0.25, 0.3) is 0 Å². The summed E-state index contributed by atoms with van der Waals surface area (Å²) in [5.41, 5.74) is 5.81. The van der Waals surface area contributed by atoms with Gasteiger partial charge in [0.05, 0.1) is 25.8 Å². The van der Waals surface area contributed by atoms with Gasteiger partial charge in [0, 0.05) is 4.88 Å². The van der Waals surface area contributed by atoms with E-state index in [4.69, 9.17) is 9.47 Å². The maximum atomic E-state index is 5.37. The smallest absolute Gasteiger partial charge is 0.161 e. The Labute approximate surface area is 187 Å². The lowest BCUT2D eigenvalue weighted by atomic mass is 9.69. The number of hydrazone groups is 1. The van der Waals surface area contributed by atoms with Crippen molar-refractivity contribution in [3.05, 3.63) is 40.5 Å². The maximum Gasteiger partial charge on any atom is 0.161 e. The zero-order valence-corrected chi connectivity index (χ0v) is 19.7. The monoisotopic (exact) mass is 438 g/mol. The normalized spacial score (nSPS) is 16.5. The van der Waals surface area contributed by atoms with Gasteiger partial charge in [0.2, 0.25) is 0 Å². The van der Waals surface area contributed by atoms with E-state index in [9.17, 15) is 0 Å². The van der Waals surface area contributed by atoms with Crippen LogP contribution in [0.1, 0.15) is 49.6 Å². The number of hydrogen-bond acceptors (Lipinski definition) is 7. The fraction of sp³-hybridized carbons (Fsp3) is 0.458. The number of benzene rings is 1. The van der Waals surface area contributed by atoms with Crippen LogP contribution in [0.5, 0.6) is 11.5 Å². The number of nitrogens with zero attached hydrogens (tertiary/aromatic N) is 3. The molecule has 4 rings (SSSR count). The van der Waals surface area contributed by atoms with Crippen molar-refractivity contribution in [3.63, 3.8) is 0 Å². The number of hydrogen-bond donors (Lipinski definition) is 1. The van der Waals surface area contributed by atoms with Crippen molar-refractivity contribution in [1.29, 1.82) is 0 Å². The quantitative estimate of drug-likeness (QED) is 0.379. The molecule has 2 aromatic heterocycles. The Balaban J connectivity index is 1.61. The molecule has 1 aliphatic rings. The van der Waals surface area contributed by atoms with E-state index in [2.05, 4.69) is 41.3 Å². The molecule has 0 fully saturated rings. The Hall–Kier alpha value is -2.67. The summed E-state index contributed by atoms with van der Waals surface area (Å²) in [6.07, 6.45) is 8.01. The van der Waals surface area contributed by atoms with Gasteiger partial charge in [-0.25, -0.2) is 9.97 Å². The minimum absolute atomic E-state index is 0.334. The SMILES string of the molecule is CCC(C)(C)[C@H]1CCc2sc3ncnc(N/N=C\c4ccc(OC)c(OC)c4)c3c2C1. The number of aromatic nitrogens is 2. The van der Waals surface area contributed by atoms with E-state index in [1.54, 1.807) is 38.1 Å². The summed E-state index contributed by atoms with van der Waals surface area (Å²) >= 11 is 1.80. The van der Waals surface area contributed by atoms with E-state index in [0.717, 1.165) is 34.4 Å². The van der Waals surface area contributed by atoms with E-state index < -0.39 is 0 Å². The summed E-state index contributed by atoms with van der Waals surface area (Å²) in [5.74, 6) is 2.81. The van der Waals surface area contributed by atoms with Crippen LogP contribution in [0.4, 0.5) is 5.82 Å². The molecule has 0 unspecified atom stereocenters. The number of methoxy groups -OCH3 is 2. The molecule has 0 spiro atoms. The van der Waals surface area contributed by atoms with Crippen LogP contribution in [0.2, 0.25) is 0 Å². The number of anilines is 1. The highest BCUT2D eigenvalue weighted by molar-refractivity contribution is 7.19. The van der Waals surface area contributed by atoms with Gasteiger partial charge in [0.15, 0.2) is 17.3 Å². The van der Waals surface area contributed by atoms with Crippen LogP contribution in [-0.2, 0) is 12.8 Å².